The first-order valence-corrected chi connectivity index (χ1v) is 7.83. The second kappa shape index (κ2) is 5.79. The molecule has 1 aliphatic rings. The molecule has 2 aromatic heterocycles. The molecule has 1 fully saturated rings. The highest BCUT2D eigenvalue weighted by atomic mass is 15.1. The molecule has 0 aliphatic heterocycles. The minimum atomic E-state index is 0.631. The van der Waals surface area contributed by atoms with Crippen molar-refractivity contribution < 1.29 is 0 Å². The highest BCUT2D eigenvalue weighted by molar-refractivity contribution is 5.87. The predicted octanol–water partition coefficient (Wildman–Crippen LogP) is 3.29. The Kier molecular flexibility index (Phi) is 3.49. The van der Waals surface area contributed by atoms with Crippen LogP contribution >= 0.6 is 0 Å². The van der Waals surface area contributed by atoms with Crippen LogP contribution in [0, 0.1) is 12.8 Å². The van der Waals surface area contributed by atoms with Crippen molar-refractivity contribution in [3.63, 3.8) is 0 Å². The largest absolute Gasteiger partial charge is 0.354 e. The molecular formula is C17H18N6. The van der Waals surface area contributed by atoms with Gasteiger partial charge in [-0.1, -0.05) is 12.1 Å². The zero-order chi connectivity index (χ0) is 15.6. The monoisotopic (exact) mass is 306 g/mol. The van der Waals surface area contributed by atoms with Crippen molar-refractivity contribution in [2.75, 3.05) is 17.2 Å². The fraction of sp³-hybridized carbons (Fsp3) is 0.294. The van der Waals surface area contributed by atoms with Gasteiger partial charge in [-0.15, -0.1) is 0 Å². The smallest absolute Gasteiger partial charge is 0.223 e. The van der Waals surface area contributed by atoms with E-state index < -0.39 is 0 Å². The Labute approximate surface area is 134 Å². The molecule has 0 amide bonds. The first-order valence-electron chi connectivity index (χ1n) is 7.83. The fourth-order valence-corrected chi connectivity index (χ4v) is 2.45. The fourth-order valence-electron chi connectivity index (χ4n) is 2.45. The van der Waals surface area contributed by atoms with Crippen LogP contribution in [0.3, 0.4) is 0 Å². The number of nitrogens with one attached hydrogen (secondary N) is 2. The van der Waals surface area contributed by atoms with Crippen molar-refractivity contribution >= 4 is 28.5 Å². The maximum atomic E-state index is 4.58. The number of aryl methyl sites for hydroxylation is 1. The van der Waals surface area contributed by atoms with Crippen LogP contribution in [0.5, 0.6) is 0 Å². The van der Waals surface area contributed by atoms with Gasteiger partial charge in [0.1, 0.15) is 17.4 Å². The van der Waals surface area contributed by atoms with Gasteiger partial charge in [0.2, 0.25) is 5.95 Å². The number of fused-ring (bicyclic) bond motifs is 1. The SMILES string of the molecule is Cc1cccc(Nc2ncnc3cnc(NCC4CC4)nc23)c1. The van der Waals surface area contributed by atoms with E-state index in [-0.39, 0.29) is 0 Å². The van der Waals surface area contributed by atoms with Gasteiger partial charge < -0.3 is 10.6 Å². The molecule has 6 heteroatoms. The van der Waals surface area contributed by atoms with Gasteiger partial charge in [0.25, 0.3) is 0 Å². The minimum absolute atomic E-state index is 0.631. The zero-order valence-electron chi connectivity index (χ0n) is 13.0. The maximum Gasteiger partial charge on any atom is 0.223 e. The van der Waals surface area contributed by atoms with Gasteiger partial charge in [-0.05, 0) is 43.4 Å². The van der Waals surface area contributed by atoms with Gasteiger partial charge in [-0.3, -0.25) is 0 Å². The van der Waals surface area contributed by atoms with Crippen LogP contribution in [0.2, 0.25) is 0 Å². The Balaban J connectivity index is 1.65. The Hall–Kier alpha value is -2.76. The quantitative estimate of drug-likeness (QED) is 0.753. The van der Waals surface area contributed by atoms with E-state index in [9.17, 15) is 0 Å². The summed E-state index contributed by atoms with van der Waals surface area (Å²) in [6.07, 6.45) is 5.86. The summed E-state index contributed by atoms with van der Waals surface area (Å²) < 4.78 is 0. The van der Waals surface area contributed by atoms with Crippen molar-refractivity contribution in [1.29, 1.82) is 0 Å². The summed E-state index contributed by atoms with van der Waals surface area (Å²) in [5, 5.41) is 6.62. The molecule has 2 heterocycles. The van der Waals surface area contributed by atoms with Crippen molar-refractivity contribution in [2.24, 2.45) is 5.92 Å². The number of anilines is 3. The van der Waals surface area contributed by atoms with E-state index in [2.05, 4.69) is 49.6 Å². The van der Waals surface area contributed by atoms with E-state index in [1.165, 1.54) is 24.7 Å². The third-order valence-corrected chi connectivity index (χ3v) is 3.90. The second-order valence-electron chi connectivity index (χ2n) is 5.97. The Morgan fingerprint density at radius 3 is 2.91 bits per heavy atom. The van der Waals surface area contributed by atoms with Gasteiger partial charge >= 0.3 is 0 Å². The highest BCUT2D eigenvalue weighted by Crippen LogP contribution is 2.29. The molecule has 0 atom stereocenters. The van der Waals surface area contributed by atoms with Gasteiger partial charge in [0, 0.05) is 12.2 Å². The molecule has 1 aromatic carbocycles. The van der Waals surface area contributed by atoms with Crippen LogP contribution in [-0.2, 0) is 0 Å². The van der Waals surface area contributed by atoms with E-state index in [1.54, 1.807) is 6.20 Å². The molecule has 1 saturated carbocycles. The minimum Gasteiger partial charge on any atom is -0.354 e. The zero-order valence-corrected chi connectivity index (χ0v) is 13.0. The van der Waals surface area contributed by atoms with E-state index in [0.717, 1.165) is 29.2 Å². The average Bonchev–Trinajstić information content (AvgIpc) is 3.38. The Morgan fingerprint density at radius 2 is 2.09 bits per heavy atom. The number of nitrogens with zero attached hydrogens (tertiary/aromatic N) is 4. The lowest BCUT2D eigenvalue weighted by molar-refractivity contribution is 0.875. The number of hydrogen-bond donors (Lipinski definition) is 2. The van der Waals surface area contributed by atoms with Crippen molar-refractivity contribution in [3.8, 4) is 0 Å². The standard InChI is InChI=1S/C17H18N6/c1-11-3-2-4-13(7-11)22-16-15-14(20-10-21-16)9-19-17(23-15)18-8-12-5-6-12/h2-4,7,9-10,12H,5-6,8H2,1H3,(H,18,19,23)(H,20,21,22). The molecule has 4 rings (SSSR count). The first-order chi connectivity index (χ1) is 11.3. The normalized spacial score (nSPS) is 14.0. The lowest BCUT2D eigenvalue weighted by Crippen LogP contribution is -2.07. The molecule has 23 heavy (non-hydrogen) atoms. The van der Waals surface area contributed by atoms with Gasteiger partial charge in [-0.2, -0.15) is 0 Å². The molecule has 6 nitrogen and oxygen atoms in total. The van der Waals surface area contributed by atoms with Crippen LogP contribution in [0.1, 0.15) is 18.4 Å². The molecule has 0 bridgehead atoms. The molecule has 2 N–H and O–H groups in total. The second-order valence-corrected chi connectivity index (χ2v) is 5.97. The first kappa shape index (κ1) is 13.9. The molecule has 116 valence electrons. The predicted molar refractivity (Wildman–Crippen MR) is 90.8 cm³/mol. The summed E-state index contributed by atoms with van der Waals surface area (Å²) in [5.74, 6) is 2.09. The van der Waals surface area contributed by atoms with Crippen LogP contribution < -0.4 is 10.6 Å². The highest BCUT2D eigenvalue weighted by Gasteiger charge is 2.21. The molecule has 0 saturated heterocycles. The molecule has 0 radical (unpaired) electrons. The van der Waals surface area contributed by atoms with Crippen LogP contribution in [0.25, 0.3) is 11.0 Å². The molecule has 0 spiro atoms. The number of hydrogen-bond acceptors (Lipinski definition) is 6. The Morgan fingerprint density at radius 1 is 1.17 bits per heavy atom. The summed E-state index contributed by atoms with van der Waals surface area (Å²) in [7, 11) is 0. The number of rotatable bonds is 5. The van der Waals surface area contributed by atoms with Gasteiger partial charge in [0.05, 0.1) is 6.20 Å². The van der Waals surface area contributed by atoms with Gasteiger partial charge in [-0.25, -0.2) is 19.9 Å². The average molecular weight is 306 g/mol. The molecule has 3 aromatic rings. The van der Waals surface area contributed by atoms with Gasteiger partial charge in [0.15, 0.2) is 5.82 Å². The molecular weight excluding hydrogens is 288 g/mol. The van der Waals surface area contributed by atoms with E-state index in [4.69, 9.17) is 0 Å². The summed E-state index contributed by atoms with van der Waals surface area (Å²) >= 11 is 0. The third-order valence-electron chi connectivity index (χ3n) is 3.90. The lowest BCUT2D eigenvalue weighted by atomic mass is 10.2. The molecule has 0 unspecified atom stereocenters. The van der Waals surface area contributed by atoms with E-state index in [0.29, 0.717) is 11.8 Å². The van der Waals surface area contributed by atoms with Crippen LogP contribution in [-0.4, -0.2) is 26.5 Å². The number of benzene rings is 1. The van der Waals surface area contributed by atoms with E-state index >= 15 is 0 Å². The lowest BCUT2D eigenvalue weighted by Gasteiger charge is -2.09. The summed E-state index contributed by atoms with van der Waals surface area (Å²) in [4.78, 5) is 17.5. The van der Waals surface area contributed by atoms with Crippen LogP contribution in [0.15, 0.2) is 36.8 Å². The van der Waals surface area contributed by atoms with Crippen LogP contribution in [0.4, 0.5) is 17.5 Å². The summed E-state index contributed by atoms with van der Waals surface area (Å²) in [5.41, 5.74) is 3.63. The third kappa shape index (κ3) is 3.21. The summed E-state index contributed by atoms with van der Waals surface area (Å²) in [6.45, 7) is 2.99. The summed E-state index contributed by atoms with van der Waals surface area (Å²) in [6, 6.07) is 8.15. The number of aromatic nitrogens is 4. The Bertz CT molecular complexity index is 843. The van der Waals surface area contributed by atoms with Crippen molar-refractivity contribution in [2.45, 2.75) is 19.8 Å². The van der Waals surface area contributed by atoms with Crippen molar-refractivity contribution in [3.05, 3.63) is 42.4 Å². The van der Waals surface area contributed by atoms with E-state index in [1.807, 2.05) is 12.1 Å². The molecule has 1 aliphatic carbocycles. The van der Waals surface area contributed by atoms with Crippen molar-refractivity contribution in [1.82, 2.24) is 19.9 Å². The maximum absolute atomic E-state index is 4.58. The topological polar surface area (TPSA) is 75.6 Å².